The van der Waals surface area contributed by atoms with E-state index in [1.54, 1.807) is 23.9 Å². The highest BCUT2D eigenvalue weighted by atomic mass is 28.4. The lowest BCUT2D eigenvalue weighted by atomic mass is 10.1. The van der Waals surface area contributed by atoms with Gasteiger partial charge in [0.05, 0.1) is 30.1 Å². The SMILES string of the molecule is CCOC(=O)c1ncn2c1CNC(=O)c1cc(O[Si](c3ccccc3)(c3ccccc3)C(C)(C)C)ccc1-2. The molecule has 0 saturated carbocycles. The van der Waals surface area contributed by atoms with Crippen molar-refractivity contribution in [3.63, 3.8) is 0 Å². The predicted molar refractivity (Wildman–Crippen MR) is 149 cm³/mol. The molecule has 38 heavy (non-hydrogen) atoms. The Kier molecular flexibility index (Phi) is 6.67. The molecule has 0 bridgehead atoms. The molecule has 0 unspecified atom stereocenters. The standard InChI is InChI=1S/C30H31N3O4Si/c1-5-36-29(35)27-26-19-31-28(34)24-18-21(16-17-25(24)33(26)20-32-27)37-38(30(2,3)4,22-12-8-6-9-13-22)23-14-10-7-11-15-23/h6-18,20H,5,19H2,1-4H3,(H,31,34). The van der Waals surface area contributed by atoms with Gasteiger partial charge in [0, 0.05) is 0 Å². The van der Waals surface area contributed by atoms with Gasteiger partial charge in [0.25, 0.3) is 5.91 Å². The van der Waals surface area contributed by atoms with Gasteiger partial charge in [-0.05, 0) is 40.5 Å². The van der Waals surface area contributed by atoms with Crippen LogP contribution >= 0.6 is 0 Å². The summed E-state index contributed by atoms with van der Waals surface area (Å²) in [7, 11) is -2.87. The number of esters is 1. The Morgan fingerprint density at radius 3 is 2.21 bits per heavy atom. The van der Waals surface area contributed by atoms with Crippen molar-refractivity contribution in [2.45, 2.75) is 39.3 Å². The monoisotopic (exact) mass is 525 g/mol. The minimum atomic E-state index is -2.87. The van der Waals surface area contributed by atoms with Gasteiger partial charge in [-0.2, -0.15) is 0 Å². The minimum absolute atomic E-state index is 0.159. The van der Waals surface area contributed by atoms with E-state index in [-0.39, 0.29) is 29.8 Å². The van der Waals surface area contributed by atoms with Crippen LogP contribution in [-0.4, -0.2) is 36.4 Å². The molecule has 1 aliphatic heterocycles. The Bertz CT molecular complexity index is 1440. The maximum atomic E-state index is 13.2. The lowest BCUT2D eigenvalue weighted by Gasteiger charge is -2.43. The van der Waals surface area contributed by atoms with Crippen molar-refractivity contribution in [3.05, 3.63) is 102 Å². The fourth-order valence-electron chi connectivity index (χ4n) is 5.18. The van der Waals surface area contributed by atoms with Crippen LogP contribution in [0.4, 0.5) is 0 Å². The molecule has 0 fully saturated rings. The number of nitrogens with zero attached hydrogens (tertiary/aromatic N) is 2. The van der Waals surface area contributed by atoms with Crippen LogP contribution < -0.4 is 20.1 Å². The largest absolute Gasteiger partial charge is 0.534 e. The molecule has 194 valence electrons. The van der Waals surface area contributed by atoms with Crippen molar-refractivity contribution in [3.8, 4) is 11.4 Å². The number of ether oxygens (including phenoxy) is 1. The quantitative estimate of drug-likeness (QED) is 0.301. The average molecular weight is 526 g/mol. The third kappa shape index (κ3) is 4.30. The number of rotatable bonds is 6. The molecule has 0 radical (unpaired) electrons. The number of carbonyl (C=O) groups is 2. The van der Waals surface area contributed by atoms with Gasteiger partial charge in [-0.1, -0.05) is 81.4 Å². The predicted octanol–water partition coefficient (Wildman–Crippen LogP) is 4.23. The summed E-state index contributed by atoms with van der Waals surface area (Å²) in [6, 6.07) is 26.3. The van der Waals surface area contributed by atoms with Crippen molar-refractivity contribution in [1.82, 2.24) is 14.9 Å². The summed E-state index contributed by atoms with van der Waals surface area (Å²) < 4.78 is 14.0. The van der Waals surface area contributed by atoms with Crippen molar-refractivity contribution in [2.24, 2.45) is 0 Å². The third-order valence-electron chi connectivity index (χ3n) is 6.91. The Morgan fingerprint density at radius 1 is 1.00 bits per heavy atom. The number of hydrogen-bond donors (Lipinski definition) is 1. The summed E-state index contributed by atoms with van der Waals surface area (Å²) >= 11 is 0. The Hall–Kier alpha value is -4.17. The molecule has 7 nitrogen and oxygen atoms in total. The highest BCUT2D eigenvalue weighted by Crippen LogP contribution is 2.38. The fraction of sp³-hybridized carbons (Fsp3) is 0.233. The van der Waals surface area contributed by atoms with Crippen LogP contribution in [0.2, 0.25) is 5.04 Å². The van der Waals surface area contributed by atoms with E-state index >= 15 is 0 Å². The second kappa shape index (κ2) is 9.94. The number of aromatic nitrogens is 2. The molecule has 1 aromatic heterocycles. The van der Waals surface area contributed by atoms with Gasteiger partial charge >= 0.3 is 14.3 Å². The van der Waals surface area contributed by atoms with Crippen LogP contribution in [0, 0.1) is 0 Å². The number of nitrogens with one attached hydrogen (secondary N) is 1. The normalized spacial score (nSPS) is 13.1. The van der Waals surface area contributed by atoms with Crippen LogP contribution in [0.25, 0.3) is 5.69 Å². The van der Waals surface area contributed by atoms with Gasteiger partial charge in [-0.3, -0.25) is 9.36 Å². The highest BCUT2D eigenvalue weighted by Gasteiger charge is 2.52. The summed E-state index contributed by atoms with van der Waals surface area (Å²) in [5.74, 6) is -0.139. The van der Waals surface area contributed by atoms with E-state index in [1.807, 2.05) is 48.5 Å². The molecule has 0 atom stereocenters. The zero-order valence-electron chi connectivity index (χ0n) is 22.0. The molecule has 0 aliphatic carbocycles. The first-order valence-electron chi connectivity index (χ1n) is 12.7. The zero-order chi connectivity index (χ0) is 26.9. The highest BCUT2D eigenvalue weighted by molar-refractivity contribution is 7.00. The molecular weight excluding hydrogens is 494 g/mol. The van der Waals surface area contributed by atoms with Crippen molar-refractivity contribution in [2.75, 3.05) is 6.61 Å². The average Bonchev–Trinajstić information content (AvgIpc) is 3.29. The van der Waals surface area contributed by atoms with Gasteiger partial charge in [-0.15, -0.1) is 0 Å². The van der Waals surface area contributed by atoms with Crippen LogP contribution in [0.5, 0.6) is 5.75 Å². The first kappa shape index (κ1) is 25.5. The number of carbonyl (C=O) groups excluding carboxylic acids is 2. The lowest BCUT2D eigenvalue weighted by Crippen LogP contribution is -2.68. The Morgan fingerprint density at radius 2 is 1.63 bits per heavy atom. The number of amides is 1. The molecule has 1 aliphatic rings. The number of imidazole rings is 1. The van der Waals surface area contributed by atoms with Gasteiger partial charge in [-0.25, -0.2) is 9.78 Å². The molecule has 1 N–H and O–H groups in total. The molecule has 8 heteroatoms. The van der Waals surface area contributed by atoms with Crippen LogP contribution in [0.15, 0.2) is 85.2 Å². The van der Waals surface area contributed by atoms with Gasteiger partial charge in [0.1, 0.15) is 12.1 Å². The van der Waals surface area contributed by atoms with E-state index in [9.17, 15) is 9.59 Å². The smallest absolute Gasteiger partial charge is 0.358 e. The van der Waals surface area contributed by atoms with Crippen molar-refractivity contribution < 1.29 is 18.8 Å². The van der Waals surface area contributed by atoms with E-state index < -0.39 is 14.3 Å². The molecule has 5 rings (SSSR count). The van der Waals surface area contributed by atoms with Crippen molar-refractivity contribution >= 4 is 30.6 Å². The maximum Gasteiger partial charge on any atom is 0.358 e. The summed E-state index contributed by atoms with van der Waals surface area (Å²) in [5.41, 5.74) is 1.86. The van der Waals surface area contributed by atoms with Gasteiger partial charge < -0.3 is 14.5 Å². The number of hydrogen-bond acceptors (Lipinski definition) is 5. The van der Waals surface area contributed by atoms with Crippen LogP contribution in [-0.2, 0) is 11.3 Å². The lowest BCUT2D eigenvalue weighted by molar-refractivity contribution is 0.0518. The topological polar surface area (TPSA) is 82.5 Å². The summed E-state index contributed by atoms with van der Waals surface area (Å²) in [6.45, 7) is 8.79. The minimum Gasteiger partial charge on any atom is -0.534 e. The number of fused-ring (bicyclic) bond motifs is 3. The van der Waals surface area contributed by atoms with E-state index in [1.165, 1.54) is 0 Å². The Balaban J connectivity index is 1.64. The second-order valence-electron chi connectivity index (χ2n) is 10.3. The zero-order valence-corrected chi connectivity index (χ0v) is 23.0. The molecule has 0 spiro atoms. The molecular formula is C30H31N3O4Si. The molecule has 1 amide bonds. The first-order chi connectivity index (χ1) is 18.3. The van der Waals surface area contributed by atoms with Crippen molar-refractivity contribution in [1.29, 1.82) is 0 Å². The molecule has 3 aromatic carbocycles. The van der Waals surface area contributed by atoms with E-state index in [0.717, 1.165) is 10.4 Å². The van der Waals surface area contributed by atoms with Crippen LogP contribution in [0.1, 0.15) is 54.2 Å². The molecule has 4 aromatic rings. The summed E-state index contributed by atoms with van der Waals surface area (Å²) in [4.78, 5) is 29.9. The van der Waals surface area contributed by atoms with Gasteiger partial charge in [0.15, 0.2) is 5.69 Å². The summed E-state index contributed by atoms with van der Waals surface area (Å²) in [5, 5.41) is 4.98. The number of benzene rings is 3. The van der Waals surface area contributed by atoms with E-state index in [4.69, 9.17) is 9.16 Å². The van der Waals surface area contributed by atoms with Gasteiger partial charge in [0.2, 0.25) is 0 Å². The fourth-order valence-corrected chi connectivity index (χ4v) is 9.59. The maximum absolute atomic E-state index is 13.2. The third-order valence-corrected chi connectivity index (χ3v) is 11.9. The molecule has 0 saturated heterocycles. The first-order valence-corrected chi connectivity index (χ1v) is 14.6. The Labute approximate surface area is 223 Å². The second-order valence-corrected chi connectivity index (χ2v) is 14.5. The van der Waals surface area contributed by atoms with Crippen LogP contribution in [0.3, 0.4) is 0 Å². The molecule has 2 heterocycles. The summed E-state index contributed by atoms with van der Waals surface area (Å²) in [6.07, 6.45) is 1.56. The van der Waals surface area contributed by atoms with E-state index in [0.29, 0.717) is 22.7 Å². The van der Waals surface area contributed by atoms with E-state index in [2.05, 4.69) is 55.3 Å².